The van der Waals surface area contributed by atoms with Gasteiger partial charge in [0.25, 0.3) is 11.5 Å². The van der Waals surface area contributed by atoms with Crippen LogP contribution < -0.4 is 15.6 Å². The van der Waals surface area contributed by atoms with E-state index in [4.69, 9.17) is 17.0 Å². The Morgan fingerprint density at radius 2 is 1.76 bits per heavy atom. The Morgan fingerprint density at radius 3 is 2.42 bits per heavy atom. The van der Waals surface area contributed by atoms with E-state index in [0.717, 1.165) is 5.56 Å². The van der Waals surface area contributed by atoms with Crippen LogP contribution >= 0.6 is 12.2 Å². The molecule has 4 aromatic rings. The highest BCUT2D eigenvalue weighted by Crippen LogP contribution is 2.22. The molecule has 0 radical (unpaired) electrons. The van der Waals surface area contributed by atoms with Gasteiger partial charge in [-0.3, -0.25) is 14.2 Å². The number of hydrogen-bond acceptors (Lipinski definition) is 4. The first kappa shape index (κ1) is 22.2. The molecule has 3 aromatic carbocycles. The molecule has 4 rings (SSSR count). The van der Waals surface area contributed by atoms with Gasteiger partial charge in [-0.05, 0) is 72.4 Å². The van der Waals surface area contributed by atoms with E-state index in [1.807, 2.05) is 12.1 Å². The molecule has 0 spiro atoms. The number of nitrogens with zero attached hydrogens (tertiary/aromatic N) is 1. The fourth-order valence-electron chi connectivity index (χ4n) is 3.29. The fraction of sp³-hybridized carbons (Fsp3) is 0.0800. The number of nitrogens with one attached hydrogen (secondary N) is 2. The molecule has 33 heavy (non-hydrogen) atoms. The van der Waals surface area contributed by atoms with Crippen LogP contribution in [0.15, 0.2) is 84.2 Å². The van der Waals surface area contributed by atoms with Crippen molar-refractivity contribution in [2.75, 3.05) is 0 Å². The normalized spacial score (nSPS) is 10.7. The van der Waals surface area contributed by atoms with Crippen molar-refractivity contribution < 1.29 is 13.9 Å². The number of hydrogen-bond donors (Lipinski definition) is 2. The number of carbonyl (C=O) groups excluding carboxylic acids is 1. The van der Waals surface area contributed by atoms with Crippen LogP contribution in [0, 0.1) is 10.6 Å². The summed E-state index contributed by atoms with van der Waals surface area (Å²) in [6, 6.07) is 17.8. The second-order valence-electron chi connectivity index (χ2n) is 7.28. The van der Waals surface area contributed by atoms with Gasteiger partial charge in [0.2, 0.25) is 0 Å². The Balaban J connectivity index is 1.43. The molecule has 0 aliphatic heterocycles. The van der Waals surface area contributed by atoms with Crippen LogP contribution in [0.25, 0.3) is 10.9 Å². The van der Waals surface area contributed by atoms with E-state index in [-0.39, 0.29) is 22.1 Å². The minimum Gasteiger partial charge on any atom is -0.457 e. The third-order valence-corrected chi connectivity index (χ3v) is 5.30. The van der Waals surface area contributed by atoms with Crippen molar-refractivity contribution in [3.63, 3.8) is 0 Å². The van der Waals surface area contributed by atoms with Crippen LogP contribution in [-0.2, 0) is 13.1 Å². The van der Waals surface area contributed by atoms with E-state index in [9.17, 15) is 14.0 Å². The lowest BCUT2D eigenvalue weighted by molar-refractivity contribution is 0.0951. The molecule has 166 valence electrons. The second-order valence-corrected chi connectivity index (χ2v) is 7.66. The average molecular weight is 462 g/mol. The smallest absolute Gasteiger partial charge is 0.262 e. The summed E-state index contributed by atoms with van der Waals surface area (Å²) in [6.07, 6.45) is 1.60. The van der Waals surface area contributed by atoms with Crippen molar-refractivity contribution in [2.45, 2.75) is 13.1 Å². The maximum Gasteiger partial charge on any atom is 0.262 e. The number of benzene rings is 3. The molecular formula is C25H20FN3O3S. The molecule has 0 saturated heterocycles. The lowest BCUT2D eigenvalue weighted by Crippen LogP contribution is -2.24. The zero-order chi connectivity index (χ0) is 23.4. The summed E-state index contributed by atoms with van der Waals surface area (Å²) in [5.74, 6) is 0.526. The number of fused-ring (bicyclic) bond motifs is 1. The summed E-state index contributed by atoms with van der Waals surface area (Å²) in [7, 11) is 0. The molecule has 0 fully saturated rings. The van der Waals surface area contributed by atoms with Crippen molar-refractivity contribution in [3.05, 3.63) is 111 Å². The Morgan fingerprint density at radius 1 is 1.09 bits per heavy atom. The highest BCUT2D eigenvalue weighted by molar-refractivity contribution is 7.71. The summed E-state index contributed by atoms with van der Waals surface area (Å²) < 4.78 is 20.3. The molecule has 2 N–H and O–H groups in total. The maximum atomic E-state index is 13.0. The number of carbonyl (C=O) groups is 1. The number of aromatic amines is 1. The van der Waals surface area contributed by atoms with Gasteiger partial charge >= 0.3 is 0 Å². The van der Waals surface area contributed by atoms with Crippen LogP contribution in [0.5, 0.6) is 11.5 Å². The summed E-state index contributed by atoms with van der Waals surface area (Å²) in [6.45, 7) is 4.25. The van der Waals surface area contributed by atoms with Crippen molar-refractivity contribution in [3.8, 4) is 11.5 Å². The number of rotatable bonds is 7. The maximum absolute atomic E-state index is 13.0. The monoisotopic (exact) mass is 461 g/mol. The molecule has 0 bridgehead atoms. The van der Waals surface area contributed by atoms with Gasteiger partial charge in [0.05, 0.1) is 10.9 Å². The van der Waals surface area contributed by atoms with Gasteiger partial charge in [-0.25, -0.2) is 4.39 Å². The predicted octanol–water partition coefficient (Wildman–Crippen LogP) is 5.11. The Hall–Kier alpha value is -4.04. The van der Waals surface area contributed by atoms with Crippen LogP contribution in [0.4, 0.5) is 4.39 Å². The average Bonchev–Trinajstić information content (AvgIpc) is 2.82. The summed E-state index contributed by atoms with van der Waals surface area (Å²) in [5, 5.41) is 3.30. The first-order valence-corrected chi connectivity index (χ1v) is 10.5. The van der Waals surface area contributed by atoms with Crippen molar-refractivity contribution in [1.29, 1.82) is 0 Å². The Kier molecular flexibility index (Phi) is 6.46. The standard InChI is InChI=1S/C25H20FN3O3S/c1-2-13-29-24(31)21-12-5-17(14-22(21)28-25(29)33)23(30)27-15-16-3-8-19(9-4-16)32-20-10-6-18(26)7-11-20/h2-12,14H,1,13,15H2,(H,27,30)(H,28,33). The lowest BCUT2D eigenvalue weighted by atomic mass is 10.1. The first-order valence-electron chi connectivity index (χ1n) is 10.1. The number of amides is 1. The minimum absolute atomic E-state index is 0.233. The van der Waals surface area contributed by atoms with Crippen LogP contribution in [0.2, 0.25) is 0 Å². The third-order valence-electron chi connectivity index (χ3n) is 4.98. The Bertz CT molecular complexity index is 1440. The molecular weight excluding hydrogens is 441 g/mol. The third kappa shape index (κ3) is 5.07. The van der Waals surface area contributed by atoms with Crippen molar-refractivity contribution >= 4 is 29.0 Å². The SMILES string of the molecule is C=CCn1c(=S)[nH]c2cc(C(=O)NCc3ccc(Oc4ccc(F)cc4)cc3)ccc2c1=O. The summed E-state index contributed by atoms with van der Waals surface area (Å²) >= 11 is 5.25. The van der Waals surface area contributed by atoms with Gasteiger partial charge < -0.3 is 15.0 Å². The molecule has 8 heteroatoms. The van der Waals surface area contributed by atoms with Crippen LogP contribution in [-0.4, -0.2) is 15.5 Å². The fourth-order valence-corrected chi connectivity index (χ4v) is 3.56. The number of aromatic nitrogens is 2. The van der Waals surface area contributed by atoms with Gasteiger partial charge in [-0.2, -0.15) is 0 Å². The van der Waals surface area contributed by atoms with Crippen molar-refractivity contribution in [2.24, 2.45) is 0 Å². The zero-order valence-corrected chi connectivity index (χ0v) is 18.3. The van der Waals surface area contributed by atoms with Gasteiger partial charge in [0.1, 0.15) is 17.3 Å². The van der Waals surface area contributed by atoms with E-state index >= 15 is 0 Å². The highest BCUT2D eigenvalue weighted by Gasteiger charge is 2.10. The first-order chi connectivity index (χ1) is 15.9. The lowest BCUT2D eigenvalue weighted by Gasteiger charge is -2.09. The van der Waals surface area contributed by atoms with Gasteiger partial charge in [0.15, 0.2) is 4.77 Å². The predicted molar refractivity (Wildman–Crippen MR) is 128 cm³/mol. The molecule has 0 aliphatic rings. The summed E-state index contributed by atoms with van der Waals surface area (Å²) in [5.41, 5.74) is 1.55. The molecule has 0 unspecified atom stereocenters. The van der Waals surface area contributed by atoms with Crippen molar-refractivity contribution in [1.82, 2.24) is 14.9 Å². The van der Waals surface area contributed by atoms with Gasteiger partial charge in [-0.15, -0.1) is 6.58 Å². The molecule has 0 saturated carbocycles. The van der Waals surface area contributed by atoms with Gasteiger partial charge in [-0.1, -0.05) is 18.2 Å². The topological polar surface area (TPSA) is 76.1 Å². The zero-order valence-electron chi connectivity index (χ0n) is 17.5. The number of H-pyrrole nitrogens is 1. The molecule has 0 aliphatic carbocycles. The van der Waals surface area contributed by atoms with E-state index in [0.29, 0.717) is 41.1 Å². The van der Waals surface area contributed by atoms with E-state index < -0.39 is 0 Å². The van der Waals surface area contributed by atoms with Crippen LogP contribution in [0.1, 0.15) is 15.9 Å². The molecule has 0 atom stereocenters. The highest BCUT2D eigenvalue weighted by atomic mass is 32.1. The van der Waals surface area contributed by atoms with Crippen LogP contribution in [0.3, 0.4) is 0 Å². The minimum atomic E-state index is -0.327. The van der Waals surface area contributed by atoms with E-state index in [2.05, 4.69) is 16.9 Å². The van der Waals surface area contributed by atoms with E-state index in [1.165, 1.54) is 16.7 Å². The Labute approximate surface area is 194 Å². The largest absolute Gasteiger partial charge is 0.457 e. The number of halogens is 1. The number of allylic oxidation sites excluding steroid dienone is 1. The van der Waals surface area contributed by atoms with E-state index in [1.54, 1.807) is 48.5 Å². The van der Waals surface area contributed by atoms with Gasteiger partial charge in [0, 0.05) is 18.7 Å². The molecule has 6 nitrogen and oxygen atoms in total. The molecule has 1 amide bonds. The molecule has 1 heterocycles. The quantitative estimate of drug-likeness (QED) is 0.296. The second kappa shape index (κ2) is 9.62. The number of ether oxygens (including phenoxy) is 1. The molecule has 1 aromatic heterocycles. The summed E-state index contributed by atoms with van der Waals surface area (Å²) in [4.78, 5) is 28.2.